The summed E-state index contributed by atoms with van der Waals surface area (Å²) in [6.07, 6.45) is 25.7. The Morgan fingerprint density at radius 1 is 0.714 bits per heavy atom. The van der Waals surface area contributed by atoms with Crippen molar-refractivity contribution in [1.29, 1.82) is 0 Å². The average Bonchev–Trinajstić information content (AvgIpc) is 3.54. The van der Waals surface area contributed by atoms with E-state index in [-0.39, 0.29) is 30.4 Å². The summed E-state index contributed by atoms with van der Waals surface area (Å²) in [7, 11) is 0. The molecule has 0 radical (unpaired) electrons. The highest BCUT2D eigenvalue weighted by atomic mass is 16.5. The van der Waals surface area contributed by atoms with E-state index in [9.17, 15) is 14.4 Å². The van der Waals surface area contributed by atoms with Gasteiger partial charge in [0.15, 0.2) is 5.78 Å². The minimum Gasteiger partial charge on any atom is -0.466 e. The maximum absolute atomic E-state index is 12.6. The Balaban J connectivity index is 2.27. The lowest BCUT2D eigenvalue weighted by Crippen LogP contribution is -2.19. The molecular weight excluding hydrogens is 616 g/mol. The largest absolute Gasteiger partial charge is 0.466 e. The van der Waals surface area contributed by atoms with Gasteiger partial charge in [-0.25, -0.2) is 4.98 Å². The molecule has 1 aromatic heterocycles. The molecule has 1 rings (SSSR count). The van der Waals surface area contributed by atoms with E-state index in [1.165, 1.54) is 11.1 Å². The van der Waals surface area contributed by atoms with Gasteiger partial charge in [0, 0.05) is 44.8 Å². The molecule has 0 aliphatic rings. The molecule has 3 atom stereocenters. The number of carbonyl (C=O) groups is 3. The SMILES string of the molecule is CC(C)=CCCC(C)CC(=O)COCCCCCCC(CCCCCCOC(=O)CC(C)CCC=C(C)C)OC(=O)CCCn1ccnc1. The predicted molar refractivity (Wildman–Crippen MR) is 199 cm³/mol. The van der Waals surface area contributed by atoms with Crippen molar-refractivity contribution in [3.05, 3.63) is 42.0 Å². The summed E-state index contributed by atoms with van der Waals surface area (Å²) in [6, 6.07) is 0. The van der Waals surface area contributed by atoms with Crippen molar-refractivity contribution in [2.45, 2.75) is 170 Å². The molecular formula is C41H70N2O6. The smallest absolute Gasteiger partial charge is 0.306 e. The number of esters is 2. The molecule has 0 N–H and O–H groups in total. The van der Waals surface area contributed by atoms with Crippen molar-refractivity contribution >= 4 is 17.7 Å². The number of ether oxygens (including phenoxy) is 3. The summed E-state index contributed by atoms with van der Waals surface area (Å²) < 4.78 is 19.1. The van der Waals surface area contributed by atoms with E-state index in [4.69, 9.17) is 14.2 Å². The maximum Gasteiger partial charge on any atom is 0.306 e. The first kappa shape index (κ1) is 44.3. The fourth-order valence-electron chi connectivity index (χ4n) is 5.77. The van der Waals surface area contributed by atoms with Gasteiger partial charge in [0.25, 0.3) is 0 Å². The van der Waals surface area contributed by atoms with Gasteiger partial charge in [-0.05, 0) is 110 Å². The molecule has 0 saturated carbocycles. The maximum atomic E-state index is 12.6. The van der Waals surface area contributed by atoms with Crippen LogP contribution in [0.15, 0.2) is 42.0 Å². The van der Waals surface area contributed by atoms with E-state index in [2.05, 4.69) is 58.7 Å². The monoisotopic (exact) mass is 687 g/mol. The quantitative estimate of drug-likeness (QED) is 0.0436. The van der Waals surface area contributed by atoms with Crippen molar-refractivity contribution in [3.63, 3.8) is 0 Å². The van der Waals surface area contributed by atoms with Crippen LogP contribution in [0.4, 0.5) is 0 Å². The van der Waals surface area contributed by atoms with Crippen molar-refractivity contribution in [3.8, 4) is 0 Å². The molecule has 0 spiro atoms. The third kappa shape index (κ3) is 27.7. The standard InChI is InChI=1S/C41H70N2O6/c1-34(2)18-15-20-36(5)30-38(44)32-47-28-13-9-7-11-22-39(49-40(45)24-17-26-43-27-25-42-33-43)23-12-8-10-14-29-48-41(46)31-37(6)21-16-19-35(3)4/h18-19,25,27,33,36-37,39H,7-17,20-24,26,28-32H2,1-6H3. The average molecular weight is 687 g/mol. The molecule has 0 aliphatic heterocycles. The van der Waals surface area contributed by atoms with Gasteiger partial charge in [0.2, 0.25) is 0 Å². The number of hydrogen-bond donors (Lipinski definition) is 0. The first-order valence-electron chi connectivity index (χ1n) is 19.2. The molecule has 0 fully saturated rings. The van der Waals surface area contributed by atoms with Crippen molar-refractivity contribution in [1.82, 2.24) is 9.55 Å². The lowest BCUT2D eigenvalue weighted by atomic mass is 9.99. The fraction of sp³-hybridized carbons (Fsp3) is 0.756. The zero-order valence-electron chi connectivity index (χ0n) is 32.0. The van der Waals surface area contributed by atoms with Gasteiger partial charge >= 0.3 is 11.9 Å². The number of imidazole rings is 1. The van der Waals surface area contributed by atoms with Crippen molar-refractivity contribution in [2.75, 3.05) is 19.8 Å². The summed E-state index contributed by atoms with van der Waals surface area (Å²) in [5, 5.41) is 0. The number of carbonyl (C=O) groups excluding carboxylic acids is 3. The van der Waals surface area contributed by atoms with E-state index < -0.39 is 0 Å². The highest BCUT2D eigenvalue weighted by Crippen LogP contribution is 2.18. The second-order valence-corrected chi connectivity index (χ2v) is 14.6. The van der Waals surface area contributed by atoms with Crippen LogP contribution in [-0.4, -0.2) is 53.2 Å². The molecule has 1 heterocycles. The van der Waals surface area contributed by atoms with Crippen LogP contribution in [0, 0.1) is 11.8 Å². The Labute approximate surface area is 298 Å². The fourth-order valence-corrected chi connectivity index (χ4v) is 5.77. The summed E-state index contributed by atoms with van der Waals surface area (Å²) in [5.74, 6) is 0.685. The van der Waals surface area contributed by atoms with Crippen molar-refractivity contribution in [2.24, 2.45) is 11.8 Å². The number of unbranched alkanes of at least 4 members (excludes halogenated alkanes) is 6. The van der Waals surface area contributed by atoms with Crippen LogP contribution in [0.3, 0.4) is 0 Å². The van der Waals surface area contributed by atoms with E-state index in [0.29, 0.717) is 44.3 Å². The zero-order valence-corrected chi connectivity index (χ0v) is 32.0. The molecule has 0 aliphatic carbocycles. The molecule has 0 amide bonds. The molecule has 0 bridgehead atoms. The first-order chi connectivity index (χ1) is 23.5. The van der Waals surface area contributed by atoms with Crippen LogP contribution in [0.5, 0.6) is 0 Å². The van der Waals surface area contributed by atoms with Gasteiger partial charge in [0.05, 0.1) is 12.9 Å². The summed E-state index contributed by atoms with van der Waals surface area (Å²) in [4.78, 5) is 41.1. The number of rotatable bonds is 31. The summed E-state index contributed by atoms with van der Waals surface area (Å²) in [6.45, 7) is 14.7. The lowest BCUT2D eigenvalue weighted by molar-refractivity contribution is -0.150. The second-order valence-electron chi connectivity index (χ2n) is 14.6. The van der Waals surface area contributed by atoms with Gasteiger partial charge < -0.3 is 18.8 Å². The van der Waals surface area contributed by atoms with E-state index in [0.717, 1.165) is 103 Å². The number of allylic oxidation sites excluding steroid dienone is 4. The van der Waals surface area contributed by atoms with E-state index >= 15 is 0 Å². The number of hydrogen-bond acceptors (Lipinski definition) is 7. The molecule has 280 valence electrons. The molecule has 1 aromatic rings. The van der Waals surface area contributed by atoms with Gasteiger partial charge in [0.1, 0.15) is 12.7 Å². The van der Waals surface area contributed by atoms with Crippen molar-refractivity contribution < 1.29 is 28.6 Å². The number of ketones is 1. The number of Topliss-reactive ketones (excluding diaryl/α,β-unsaturated/α-hetero) is 1. The van der Waals surface area contributed by atoms with Crippen LogP contribution in [-0.2, 0) is 35.1 Å². The third-order valence-electron chi connectivity index (χ3n) is 8.68. The number of nitrogens with zero attached hydrogens (tertiary/aromatic N) is 2. The molecule has 8 nitrogen and oxygen atoms in total. The molecule has 0 saturated heterocycles. The Morgan fingerprint density at radius 3 is 1.90 bits per heavy atom. The van der Waals surface area contributed by atoms with E-state index in [1.807, 2.05) is 10.8 Å². The van der Waals surface area contributed by atoms with Gasteiger partial charge in [-0.3, -0.25) is 14.4 Å². The van der Waals surface area contributed by atoms with E-state index in [1.54, 1.807) is 12.5 Å². The highest BCUT2D eigenvalue weighted by molar-refractivity contribution is 5.79. The topological polar surface area (TPSA) is 96.7 Å². The molecule has 8 heteroatoms. The lowest BCUT2D eigenvalue weighted by Gasteiger charge is -2.18. The Morgan fingerprint density at radius 2 is 1.31 bits per heavy atom. The van der Waals surface area contributed by atoms with Crippen LogP contribution in [0.25, 0.3) is 0 Å². The third-order valence-corrected chi connectivity index (χ3v) is 8.68. The Hall–Kier alpha value is -2.74. The highest BCUT2D eigenvalue weighted by Gasteiger charge is 2.15. The van der Waals surface area contributed by atoms with Gasteiger partial charge in [-0.1, -0.05) is 62.8 Å². The van der Waals surface area contributed by atoms with Crippen LogP contribution < -0.4 is 0 Å². The Kier molecular flexibility index (Phi) is 26.2. The number of aryl methyl sites for hydroxylation is 1. The Bertz CT molecular complexity index is 1060. The molecule has 3 unspecified atom stereocenters. The van der Waals surface area contributed by atoms with Crippen LogP contribution in [0.2, 0.25) is 0 Å². The molecule has 0 aromatic carbocycles. The van der Waals surface area contributed by atoms with Gasteiger partial charge in [-0.15, -0.1) is 0 Å². The van der Waals surface area contributed by atoms with Gasteiger partial charge in [-0.2, -0.15) is 0 Å². The zero-order chi connectivity index (χ0) is 36.1. The summed E-state index contributed by atoms with van der Waals surface area (Å²) >= 11 is 0. The normalized spacial score (nSPS) is 12.9. The minimum absolute atomic E-state index is 0.0704. The minimum atomic E-state index is -0.128. The van der Waals surface area contributed by atoms with Crippen LogP contribution in [0.1, 0.15) is 157 Å². The first-order valence-corrected chi connectivity index (χ1v) is 19.2. The predicted octanol–water partition coefficient (Wildman–Crippen LogP) is 10.2. The summed E-state index contributed by atoms with van der Waals surface area (Å²) in [5.41, 5.74) is 2.64. The second kappa shape index (κ2) is 29.0. The van der Waals surface area contributed by atoms with Crippen LogP contribution >= 0.6 is 0 Å². The molecule has 49 heavy (non-hydrogen) atoms. The number of aromatic nitrogens is 2.